The summed E-state index contributed by atoms with van der Waals surface area (Å²) in [6.07, 6.45) is -4.67. The molecule has 0 atom stereocenters. The highest BCUT2D eigenvalue weighted by molar-refractivity contribution is 7.92. The zero-order valence-corrected chi connectivity index (χ0v) is 18.5. The van der Waals surface area contributed by atoms with Crippen LogP contribution in [0.3, 0.4) is 0 Å². The Labute approximate surface area is 188 Å². The third-order valence-electron chi connectivity index (χ3n) is 4.81. The van der Waals surface area contributed by atoms with Gasteiger partial charge >= 0.3 is 6.18 Å². The summed E-state index contributed by atoms with van der Waals surface area (Å²) in [5.41, 5.74) is 0.282. The minimum absolute atomic E-state index is 0.143. The lowest BCUT2D eigenvalue weighted by Gasteiger charge is -2.15. The van der Waals surface area contributed by atoms with Gasteiger partial charge < -0.3 is 5.32 Å². The summed E-state index contributed by atoms with van der Waals surface area (Å²) in [6.45, 7) is 3.57. The van der Waals surface area contributed by atoms with Crippen LogP contribution >= 0.6 is 11.6 Å². The minimum atomic E-state index is -4.67. The largest absolute Gasteiger partial charge is 0.418 e. The highest BCUT2D eigenvalue weighted by atomic mass is 35.5. The molecule has 3 aromatic carbocycles. The van der Waals surface area contributed by atoms with E-state index < -0.39 is 33.4 Å². The molecule has 1 amide bonds. The summed E-state index contributed by atoms with van der Waals surface area (Å²) >= 11 is 6.07. The number of amides is 1. The third-order valence-corrected chi connectivity index (χ3v) is 6.66. The molecule has 5 nitrogen and oxygen atoms in total. The minimum Gasteiger partial charge on any atom is -0.321 e. The zero-order chi connectivity index (χ0) is 23.7. The van der Waals surface area contributed by atoms with Crippen LogP contribution < -0.4 is 10.0 Å². The molecule has 0 saturated heterocycles. The molecule has 0 heterocycles. The Morgan fingerprint density at radius 3 is 2.28 bits per heavy atom. The van der Waals surface area contributed by atoms with E-state index in [1.807, 2.05) is 13.0 Å². The first kappa shape index (κ1) is 23.6. The van der Waals surface area contributed by atoms with Crippen molar-refractivity contribution in [1.82, 2.24) is 0 Å². The van der Waals surface area contributed by atoms with E-state index in [2.05, 4.69) is 10.0 Å². The average Bonchev–Trinajstić information content (AvgIpc) is 2.71. The first-order valence-corrected chi connectivity index (χ1v) is 11.1. The summed E-state index contributed by atoms with van der Waals surface area (Å²) in [7, 11) is -4.19. The van der Waals surface area contributed by atoms with Crippen LogP contribution in [0.4, 0.5) is 24.5 Å². The fourth-order valence-electron chi connectivity index (χ4n) is 2.95. The monoisotopic (exact) mass is 482 g/mol. The van der Waals surface area contributed by atoms with Crippen molar-refractivity contribution in [2.24, 2.45) is 0 Å². The van der Waals surface area contributed by atoms with Crippen molar-refractivity contribution in [3.05, 3.63) is 87.9 Å². The number of hydrogen-bond donors (Lipinski definition) is 2. The SMILES string of the molecule is Cc1cccc(NS(=O)(=O)c2cc(C(=O)Nc3ccccc3C(F)(F)F)ccc2Cl)c1C. The Balaban J connectivity index is 1.94. The topological polar surface area (TPSA) is 75.3 Å². The van der Waals surface area contributed by atoms with Crippen LogP contribution in [0.1, 0.15) is 27.0 Å². The summed E-state index contributed by atoms with van der Waals surface area (Å²) in [5, 5.41) is 2.04. The van der Waals surface area contributed by atoms with Crippen LogP contribution in [0.2, 0.25) is 5.02 Å². The number of rotatable bonds is 5. The van der Waals surface area contributed by atoms with Crippen molar-refractivity contribution >= 4 is 38.9 Å². The highest BCUT2D eigenvalue weighted by Gasteiger charge is 2.33. The Kier molecular flexibility index (Phi) is 6.52. The number of sulfonamides is 1. The Morgan fingerprint density at radius 1 is 0.938 bits per heavy atom. The van der Waals surface area contributed by atoms with Crippen molar-refractivity contribution < 1.29 is 26.4 Å². The Hall–Kier alpha value is -3.04. The molecule has 3 rings (SSSR count). The predicted octanol–water partition coefficient (Wildman–Crippen LogP) is 6.03. The quantitative estimate of drug-likeness (QED) is 0.466. The fraction of sp³-hybridized carbons (Fsp3) is 0.136. The lowest BCUT2D eigenvalue weighted by Crippen LogP contribution is -2.18. The molecule has 0 spiro atoms. The summed E-state index contributed by atoms with van der Waals surface area (Å²) in [5.74, 6) is -0.915. The van der Waals surface area contributed by atoms with Gasteiger partial charge in [0.1, 0.15) is 4.90 Å². The molecule has 0 aliphatic heterocycles. The van der Waals surface area contributed by atoms with Crippen LogP contribution in [-0.2, 0) is 16.2 Å². The van der Waals surface area contributed by atoms with Crippen molar-refractivity contribution in [3.63, 3.8) is 0 Å². The Morgan fingerprint density at radius 2 is 1.59 bits per heavy atom. The molecule has 0 aliphatic rings. The second kappa shape index (κ2) is 8.84. The standard InChI is InChI=1S/C22H18ClF3N2O3S/c1-13-6-5-9-18(14(13)2)28-32(30,31)20-12-15(10-11-17(20)23)21(29)27-19-8-4-3-7-16(19)22(24,25)26/h3-12,28H,1-2H3,(H,27,29). The lowest BCUT2D eigenvalue weighted by atomic mass is 10.1. The van der Waals surface area contributed by atoms with Crippen molar-refractivity contribution in [2.45, 2.75) is 24.9 Å². The molecule has 3 aromatic rings. The molecule has 0 aromatic heterocycles. The van der Waals surface area contributed by atoms with Crippen molar-refractivity contribution in [3.8, 4) is 0 Å². The first-order valence-electron chi connectivity index (χ1n) is 9.26. The number of carbonyl (C=O) groups is 1. The van der Waals surface area contributed by atoms with Crippen LogP contribution in [0.15, 0.2) is 65.6 Å². The second-order valence-corrected chi connectivity index (χ2v) is 9.05. The van der Waals surface area contributed by atoms with Gasteiger partial charge in [0.15, 0.2) is 0 Å². The number of benzene rings is 3. The molecule has 2 N–H and O–H groups in total. The van der Waals surface area contributed by atoms with Gasteiger partial charge in [0.2, 0.25) is 0 Å². The summed E-state index contributed by atoms with van der Waals surface area (Å²) in [4.78, 5) is 12.2. The van der Waals surface area contributed by atoms with E-state index in [9.17, 15) is 26.4 Å². The molecule has 10 heteroatoms. The van der Waals surface area contributed by atoms with E-state index in [1.165, 1.54) is 24.3 Å². The van der Waals surface area contributed by atoms with E-state index >= 15 is 0 Å². The van der Waals surface area contributed by atoms with Crippen LogP contribution in [-0.4, -0.2) is 14.3 Å². The van der Waals surface area contributed by atoms with Crippen LogP contribution in [0.25, 0.3) is 0 Å². The third kappa shape index (κ3) is 5.05. The van der Waals surface area contributed by atoms with Gasteiger partial charge in [-0.1, -0.05) is 35.9 Å². The number of alkyl halides is 3. The van der Waals surface area contributed by atoms with Gasteiger partial charge in [0.25, 0.3) is 15.9 Å². The maximum Gasteiger partial charge on any atom is 0.418 e. The second-order valence-electron chi connectivity index (χ2n) is 7.00. The van der Waals surface area contributed by atoms with E-state index in [0.717, 1.165) is 23.8 Å². The van der Waals surface area contributed by atoms with Gasteiger partial charge in [-0.25, -0.2) is 8.42 Å². The molecule has 0 radical (unpaired) electrons. The number of hydrogen-bond acceptors (Lipinski definition) is 3. The molecular formula is C22H18ClF3N2O3S. The van der Waals surface area contributed by atoms with E-state index in [-0.39, 0.29) is 15.5 Å². The highest BCUT2D eigenvalue weighted by Crippen LogP contribution is 2.35. The molecule has 168 valence electrons. The van der Waals surface area contributed by atoms with Gasteiger partial charge in [0, 0.05) is 5.56 Å². The molecule has 0 fully saturated rings. The van der Waals surface area contributed by atoms with Gasteiger partial charge in [0.05, 0.1) is 22.0 Å². The van der Waals surface area contributed by atoms with Gasteiger partial charge in [-0.3, -0.25) is 9.52 Å². The number of carbonyl (C=O) groups excluding carboxylic acids is 1. The number of para-hydroxylation sites is 1. The van der Waals surface area contributed by atoms with E-state index in [1.54, 1.807) is 19.1 Å². The molecule has 0 bridgehead atoms. The van der Waals surface area contributed by atoms with E-state index in [0.29, 0.717) is 11.3 Å². The lowest BCUT2D eigenvalue weighted by molar-refractivity contribution is -0.136. The van der Waals surface area contributed by atoms with Crippen molar-refractivity contribution in [2.75, 3.05) is 10.0 Å². The first-order chi connectivity index (χ1) is 14.9. The normalized spacial score (nSPS) is 11.8. The number of aryl methyl sites for hydroxylation is 1. The summed E-state index contributed by atoms with van der Waals surface area (Å²) in [6, 6.07) is 13.0. The number of nitrogens with one attached hydrogen (secondary N) is 2. The van der Waals surface area contributed by atoms with Crippen LogP contribution in [0.5, 0.6) is 0 Å². The molecule has 0 aliphatic carbocycles. The molecule has 32 heavy (non-hydrogen) atoms. The molecule has 0 unspecified atom stereocenters. The maximum absolute atomic E-state index is 13.2. The smallest absolute Gasteiger partial charge is 0.321 e. The summed E-state index contributed by atoms with van der Waals surface area (Å²) < 4.78 is 67.9. The van der Waals surface area contributed by atoms with Gasteiger partial charge in [-0.15, -0.1) is 0 Å². The maximum atomic E-state index is 13.2. The van der Waals surface area contributed by atoms with Crippen molar-refractivity contribution in [1.29, 1.82) is 0 Å². The Bertz CT molecular complexity index is 1290. The van der Waals surface area contributed by atoms with E-state index in [4.69, 9.17) is 11.6 Å². The number of anilines is 2. The number of halogens is 4. The van der Waals surface area contributed by atoms with Crippen LogP contribution in [0, 0.1) is 13.8 Å². The average molecular weight is 483 g/mol. The fourth-order valence-corrected chi connectivity index (χ4v) is 4.60. The predicted molar refractivity (Wildman–Crippen MR) is 118 cm³/mol. The van der Waals surface area contributed by atoms with Gasteiger partial charge in [-0.2, -0.15) is 13.2 Å². The molecule has 0 saturated carbocycles. The van der Waals surface area contributed by atoms with Gasteiger partial charge in [-0.05, 0) is 61.4 Å². The molecular weight excluding hydrogens is 465 g/mol. The zero-order valence-electron chi connectivity index (χ0n) is 16.9.